The molecule has 0 atom stereocenters. The van der Waals surface area contributed by atoms with Crippen LogP contribution in [-0.2, 0) is 21.2 Å². The molecular formula is C9H14N2O4S2. The van der Waals surface area contributed by atoms with Crippen molar-refractivity contribution in [2.45, 2.75) is 18.6 Å². The van der Waals surface area contributed by atoms with Gasteiger partial charge in [0.25, 0.3) is 0 Å². The summed E-state index contributed by atoms with van der Waals surface area (Å²) in [5.41, 5.74) is 0.742. The number of carbonyl (C=O) groups is 1. The van der Waals surface area contributed by atoms with E-state index in [2.05, 4.69) is 4.98 Å². The van der Waals surface area contributed by atoms with E-state index in [4.69, 9.17) is 5.11 Å². The number of sulfone groups is 1. The van der Waals surface area contributed by atoms with Gasteiger partial charge in [-0.2, -0.15) is 0 Å². The average Bonchev–Trinajstić information content (AvgIpc) is 2.52. The molecule has 0 aromatic carbocycles. The minimum absolute atomic E-state index is 0.0173. The molecular weight excluding hydrogens is 264 g/mol. The van der Waals surface area contributed by atoms with Crippen LogP contribution in [0.4, 0.5) is 0 Å². The Bertz CT molecular complexity index is 507. The molecule has 0 radical (unpaired) electrons. The van der Waals surface area contributed by atoms with Crippen LogP contribution in [0.25, 0.3) is 0 Å². The van der Waals surface area contributed by atoms with E-state index < -0.39 is 15.8 Å². The van der Waals surface area contributed by atoms with E-state index in [0.717, 1.165) is 17.5 Å². The maximum absolute atomic E-state index is 11.1. The zero-order valence-corrected chi connectivity index (χ0v) is 11.2. The molecule has 1 N–H and O–H groups in total. The van der Waals surface area contributed by atoms with Crippen LogP contribution in [-0.4, -0.2) is 46.8 Å². The summed E-state index contributed by atoms with van der Waals surface area (Å²) in [4.78, 5) is 14.6. The summed E-state index contributed by atoms with van der Waals surface area (Å²) < 4.78 is 23.8. The number of aliphatic carboxylic acids is 1. The molecule has 0 aliphatic carbocycles. The molecule has 17 heavy (non-hydrogen) atoms. The third-order valence-corrected chi connectivity index (χ3v) is 3.79. The largest absolute Gasteiger partial charge is 0.481 e. The molecule has 1 aromatic heterocycles. The van der Waals surface area contributed by atoms with Gasteiger partial charge in [-0.1, -0.05) is 11.8 Å². The molecule has 6 nitrogen and oxygen atoms in total. The second kappa shape index (κ2) is 5.54. The average molecular weight is 278 g/mol. The van der Waals surface area contributed by atoms with E-state index in [-0.39, 0.29) is 11.5 Å². The van der Waals surface area contributed by atoms with Crippen LogP contribution in [0.5, 0.6) is 0 Å². The first kappa shape index (κ1) is 14.0. The van der Waals surface area contributed by atoms with Crippen LogP contribution in [0.2, 0.25) is 0 Å². The van der Waals surface area contributed by atoms with Gasteiger partial charge in [0.15, 0.2) is 5.16 Å². The Morgan fingerprint density at radius 3 is 2.76 bits per heavy atom. The first-order valence-electron chi connectivity index (χ1n) is 4.84. The second-order valence-electron chi connectivity index (χ2n) is 3.67. The smallest absolute Gasteiger partial charge is 0.313 e. The van der Waals surface area contributed by atoms with Gasteiger partial charge in [0.2, 0.25) is 0 Å². The van der Waals surface area contributed by atoms with Crippen molar-refractivity contribution in [3.63, 3.8) is 0 Å². The number of hydrogen-bond donors (Lipinski definition) is 1. The molecule has 0 bridgehead atoms. The van der Waals surface area contributed by atoms with Crippen LogP contribution < -0.4 is 0 Å². The highest BCUT2D eigenvalue weighted by Gasteiger charge is 2.10. The van der Waals surface area contributed by atoms with Gasteiger partial charge in [-0.05, 0) is 6.92 Å². The number of hydrogen-bond acceptors (Lipinski definition) is 5. The third kappa shape index (κ3) is 5.22. The molecule has 0 unspecified atom stereocenters. The van der Waals surface area contributed by atoms with Crippen molar-refractivity contribution in [3.05, 3.63) is 11.9 Å². The molecule has 0 saturated carbocycles. The van der Waals surface area contributed by atoms with Crippen LogP contribution in [0.3, 0.4) is 0 Å². The van der Waals surface area contributed by atoms with Gasteiger partial charge in [0.1, 0.15) is 9.84 Å². The van der Waals surface area contributed by atoms with Gasteiger partial charge >= 0.3 is 5.97 Å². The van der Waals surface area contributed by atoms with E-state index in [9.17, 15) is 13.2 Å². The Morgan fingerprint density at radius 2 is 2.24 bits per heavy atom. The number of nitrogens with zero attached hydrogens (tertiary/aromatic N) is 2. The molecule has 0 fully saturated rings. The van der Waals surface area contributed by atoms with Crippen molar-refractivity contribution in [3.8, 4) is 0 Å². The van der Waals surface area contributed by atoms with Crippen LogP contribution in [0.15, 0.2) is 11.4 Å². The van der Waals surface area contributed by atoms with Gasteiger partial charge in [-0.15, -0.1) is 0 Å². The fourth-order valence-electron chi connectivity index (χ4n) is 1.19. The zero-order chi connectivity index (χ0) is 13.1. The minimum atomic E-state index is -3.04. The number of carboxylic acids is 1. The van der Waals surface area contributed by atoms with E-state index in [1.165, 1.54) is 6.26 Å². The van der Waals surface area contributed by atoms with Gasteiger partial charge in [0, 0.05) is 19.0 Å². The molecule has 0 aliphatic heterocycles. The van der Waals surface area contributed by atoms with E-state index in [0.29, 0.717) is 11.7 Å². The summed E-state index contributed by atoms with van der Waals surface area (Å²) in [6.07, 6.45) is 2.89. The summed E-state index contributed by atoms with van der Waals surface area (Å²) in [6.45, 7) is 2.07. The van der Waals surface area contributed by atoms with Gasteiger partial charge in [0.05, 0.1) is 17.2 Å². The number of thioether (sulfide) groups is 1. The number of carboxylic acid groups (broad SMARTS) is 1. The molecule has 96 valence electrons. The van der Waals surface area contributed by atoms with Gasteiger partial charge in [-0.3, -0.25) is 4.79 Å². The molecule has 0 spiro atoms. The monoisotopic (exact) mass is 278 g/mol. The number of aryl methyl sites for hydroxylation is 2. The quantitative estimate of drug-likeness (QED) is 0.758. The van der Waals surface area contributed by atoms with Crippen molar-refractivity contribution in [2.75, 3.05) is 17.8 Å². The summed E-state index contributed by atoms with van der Waals surface area (Å²) in [5.74, 6) is -0.996. The Kier molecular flexibility index (Phi) is 4.58. The van der Waals surface area contributed by atoms with E-state index in [1.54, 1.807) is 17.7 Å². The number of aromatic nitrogens is 2. The Morgan fingerprint density at radius 1 is 1.59 bits per heavy atom. The Hall–Kier alpha value is -1.02. The fraction of sp³-hybridized carbons (Fsp3) is 0.556. The molecule has 1 aromatic rings. The maximum Gasteiger partial charge on any atom is 0.313 e. The lowest BCUT2D eigenvalue weighted by molar-refractivity contribution is -0.133. The summed E-state index contributed by atoms with van der Waals surface area (Å²) in [7, 11) is -3.04. The number of rotatable bonds is 6. The van der Waals surface area contributed by atoms with Gasteiger partial charge < -0.3 is 9.67 Å². The Labute approximate surface area is 104 Å². The van der Waals surface area contributed by atoms with Gasteiger partial charge in [-0.25, -0.2) is 13.4 Å². The lowest BCUT2D eigenvalue weighted by Crippen LogP contribution is -2.11. The summed E-state index contributed by atoms with van der Waals surface area (Å²) >= 11 is 1.08. The maximum atomic E-state index is 11.1. The first-order valence-corrected chi connectivity index (χ1v) is 7.88. The highest BCUT2D eigenvalue weighted by Crippen LogP contribution is 2.17. The molecule has 1 heterocycles. The SMILES string of the molecule is Cc1cn(CCS(C)(=O)=O)c(SCC(=O)O)n1. The van der Waals surface area contributed by atoms with Crippen LogP contribution in [0, 0.1) is 6.92 Å². The molecule has 0 amide bonds. The predicted octanol–water partition coefficient (Wildman–Crippen LogP) is 0.413. The molecule has 8 heteroatoms. The molecule has 0 saturated heterocycles. The van der Waals surface area contributed by atoms with Crippen molar-refractivity contribution in [2.24, 2.45) is 0 Å². The number of imidazole rings is 1. The van der Waals surface area contributed by atoms with E-state index in [1.807, 2.05) is 0 Å². The minimum Gasteiger partial charge on any atom is -0.481 e. The van der Waals surface area contributed by atoms with Crippen LogP contribution >= 0.6 is 11.8 Å². The standard InChI is InChI=1S/C9H14N2O4S2/c1-7-5-11(3-4-17(2,14)15)9(10-7)16-6-8(12)13/h5H,3-4,6H2,1-2H3,(H,12,13). The first-order chi connectivity index (χ1) is 7.78. The van der Waals surface area contributed by atoms with Crippen LogP contribution in [0.1, 0.15) is 5.69 Å². The van der Waals surface area contributed by atoms with Crippen molar-refractivity contribution in [1.82, 2.24) is 9.55 Å². The lowest BCUT2D eigenvalue weighted by Gasteiger charge is -2.05. The second-order valence-corrected chi connectivity index (χ2v) is 6.87. The van der Waals surface area contributed by atoms with E-state index >= 15 is 0 Å². The fourth-order valence-corrected chi connectivity index (χ4v) is 2.49. The zero-order valence-electron chi connectivity index (χ0n) is 9.58. The summed E-state index contributed by atoms with van der Waals surface area (Å²) in [6, 6.07) is 0. The highest BCUT2D eigenvalue weighted by molar-refractivity contribution is 7.99. The van der Waals surface area contributed by atoms with Crippen molar-refractivity contribution < 1.29 is 18.3 Å². The summed E-state index contributed by atoms with van der Waals surface area (Å²) in [5, 5.41) is 9.11. The predicted molar refractivity (Wildman–Crippen MR) is 65.0 cm³/mol. The highest BCUT2D eigenvalue weighted by atomic mass is 32.2. The lowest BCUT2D eigenvalue weighted by atomic mass is 10.6. The molecule has 1 rings (SSSR count). The van der Waals surface area contributed by atoms with Crippen molar-refractivity contribution >= 4 is 27.6 Å². The Balaban J connectivity index is 2.73. The van der Waals surface area contributed by atoms with Crippen molar-refractivity contribution in [1.29, 1.82) is 0 Å². The molecule has 0 aliphatic rings. The third-order valence-electron chi connectivity index (χ3n) is 1.89. The normalized spacial score (nSPS) is 11.6. The topological polar surface area (TPSA) is 89.3 Å².